The first-order valence-corrected chi connectivity index (χ1v) is 6.91. The molecule has 0 spiro atoms. The fourth-order valence-electron chi connectivity index (χ4n) is 1.86. The predicted molar refractivity (Wildman–Crippen MR) is 82.7 cm³/mol. The van der Waals surface area contributed by atoms with E-state index >= 15 is 0 Å². The molecule has 1 heterocycles. The van der Waals surface area contributed by atoms with Gasteiger partial charge in [0.15, 0.2) is 6.61 Å². The van der Waals surface area contributed by atoms with Crippen molar-refractivity contribution >= 4 is 11.8 Å². The van der Waals surface area contributed by atoms with Crippen LogP contribution in [0.4, 0.5) is 0 Å². The van der Waals surface area contributed by atoms with Crippen molar-refractivity contribution < 1.29 is 14.3 Å². The monoisotopic (exact) mass is 312 g/mol. The largest absolute Gasteiger partial charge is 0.483 e. The van der Waals surface area contributed by atoms with Crippen molar-refractivity contribution in [1.29, 1.82) is 5.26 Å². The summed E-state index contributed by atoms with van der Waals surface area (Å²) in [7, 11) is 1.51. The smallest absolute Gasteiger partial charge is 0.257 e. The van der Waals surface area contributed by atoms with Crippen LogP contribution in [0, 0.1) is 11.3 Å². The zero-order valence-electron chi connectivity index (χ0n) is 12.6. The van der Waals surface area contributed by atoms with E-state index in [1.54, 1.807) is 36.7 Å². The Morgan fingerprint density at radius 2 is 2.17 bits per heavy atom. The maximum Gasteiger partial charge on any atom is 0.257 e. The van der Waals surface area contributed by atoms with E-state index in [4.69, 9.17) is 10.00 Å². The van der Waals surface area contributed by atoms with E-state index in [9.17, 15) is 9.59 Å². The number of carbonyl (C=O) groups is 2. The molecule has 2 aromatic rings. The number of nitrogens with zero attached hydrogens (tertiary/aromatic N) is 1. The molecule has 0 fully saturated rings. The Morgan fingerprint density at radius 1 is 1.35 bits per heavy atom. The first-order valence-electron chi connectivity index (χ1n) is 6.91. The number of rotatable bonds is 6. The summed E-state index contributed by atoms with van der Waals surface area (Å²) in [5, 5.41) is 14.2. The second-order valence-corrected chi connectivity index (χ2v) is 4.68. The molecule has 1 aromatic heterocycles. The Bertz CT molecular complexity index is 732. The van der Waals surface area contributed by atoms with Gasteiger partial charge in [-0.3, -0.25) is 9.59 Å². The van der Waals surface area contributed by atoms with Gasteiger partial charge in [-0.2, -0.15) is 5.26 Å². The van der Waals surface area contributed by atoms with Crippen LogP contribution in [0.3, 0.4) is 0 Å². The van der Waals surface area contributed by atoms with Crippen molar-refractivity contribution in [3.8, 4) is 11.8 Å². The van der Waals surface area contributed by atoms with Crippen molar-refractivity contribution in [3.05, 3.63) is 53.3 Å². The highest BCUT2D eigenvalue weighted by molar-refractivity contribution is 5.93. The molecule has 0 aliphatic carbocycles. The third kappa shape index (κ3) is 4.35. The Kier molecular flexibility index (Phi) is 5.36. The lowest BCUT2D eigenvalue weighted by atomic mass is 10.1. The lowest BCUT2D eigenvalue weighted by Crippen LogP contribution is -2.26. The molecule has 0 aliphatic heterocycles. The van der Waals surface area contributed by atoms with Gasteiger partial charge in [0.05, 0.1) is 17.2 Å². The fourth-order valence-corrected chi connectivity index (χ4v) is 1.86. The van der Waals surface area contributed by atoms with Crippen LogP contribution in [0.1, 0.15) is 21.5 Å². The SMILES string of the molecule is CNC(=O)COc1cc(C#N)ccc1CNC(=O)c1cc[nH]c1. The van der Waals surface area contributed by atoms with Gasteiger partial charge >= 0.3 is 0 Å². The van der Waals surface area contributed by atoms with Gasteiger partial charge < -0.3 is 20.4 Å². The number of aromatic amines is 1. The van der Waals surface area contributed by atoms with Gasteiger partial charge in [0.2, 0.25) is 0 Å². The molecule has 0 saturated heterocycles. The zero-order chi connectivity index (χ0) is 16.7. The number of likely N-dealkylation sites (N-methyl/N-ethyl adjacent to an activating group) is 1. The second kappa shape index (κ2) is 7.66. The van der Waals surface area contributed by atoms with E-state index in [-0.39, 0.29) is 25.0 Å². The van der Waals surface area contributed by atoms with Gasteiger partial charge in [-0.15, -0.1) is 0 Å². The standard InChI is InChI=1S/C16H16N4O3/c1-18-15(21)10-23-14-6-11(7-17)2-3-12(14)9-20-16(22)13-4-5-19-8-13/h2-6,8,19H,9-10H2,1H3,(H,18,21)(H,20,22). The Labute approximate surface area is 133 Å². The molecular formula is C16H16N4O3. The summed E-state index contributed by atoms with van der Waals surface area (Å²) < 4.78 is 5.43. The number of hydrogen-bond acceptors (Lipinski definition) is 4. The van der Waals surface area contributed by atoms with Crippen LogP contribution < -0.4 is 15.4 Å². The Morgan fingerprint density at radius 3 is 2.83 bits per heavy atom. The summed E-state index contributed by atoms with van der Waals surface area (Å²) in [6.45, 7) is 0.0585. The summed E-state index contributed by atoms with van der Waals surface area (Å²) in [6.07, 6.45) is 3.26. The van der Waals surface area contributed by atoms with Gasteiger partial charge in [0, 0.05) is 31.5 Å². The summed E-state index contributed by atoms with van der Waals surface area (Å²) in [6, 6.07) is 8.54. The number of benzene rings is 1. The predicted octanol–water partition coefficient (Wildman–Crippen LogP) is 0.941. The first-order chi connectivity index (χ1) is 11.1. The van der Waals surface area contributed by atoms with Crippen LogP contribution in [-0.2, 0) is 11.3 Å². The number of H-pyrrole nitrogens is 1. The van der Waals surface area contributed by atoms with Crippen LogP contribution in [0.15, 0.2) is 36.7 Å². The lowest BCUT2D eigenvalue weighted by Gasteiger charge is -2.12. The van der Waals surface area contributed by atoms with Crippen molar-refractivity contribution in [2.24, 2.45) is 0 Å². The molecule has 0 unspecified atom stereocenters. The summed E-state index contributed by atoms with van der Waals surface area (Å²) in [5.41, 5.74) is 1.61. The Hall–Kier alpha value is -3.27. The van der Waals surface area contributed by atoms with Gasteiger partial charge in [-0.1, -0.05) is 6.07 Å². The van der Waals surface area contributed by atoms with Gasteiger partial charge in [-0.05, 0) is 18.2 Å². The van der Waals surface area contributed by atoms with E-state index in [0.717, 1.165) is 0 Å². The highest BCUT2D eigenvalue weighted by Gasteiger charge is 2.10. The molecule has 2 rings (SSSR count). The number of ether oxygens (including phenoxy) is 1. The van der Waals surface area contributed by atoms with Crippen molar-refractivity contribution in [1.82, 2.24) is 15.6 Å². The van der Waals surface area contributed by atoms with Gasteiger partial charge in [0.25, 0.3) is 11.8 Å². The summed E-state index contributed by atoms with van der Waals surface area (Å²) >= 11 is 0. The molecule has 2 amide bonds. The first kappa shape index (κ1) is 16.1. The topological polar surface area (TPSA) is 107 Å². The minimum absolute atomic E-state index is 0.163. The maximum atomic E-state index is 11.9. The molecule has 0 radical (unpaired) electrons. The summed E-state index contributed by atoms with van der Waals surface area (Å²) in [4.78, 5) is 26.0. The quantitative estimate of drug-likeness (QED) is 0.738. The van der Waals surface area contributed by atoms with Crippen LogP contribution in [0.2, 0.25) is 0 Å². The number of carbonyl (C=O) groups excluding carboxylic acids is 2. The molecular weight excluding hydrogens is 296 g/mol. The molecule has 0 saturated carbocycles. The van der Waals surface area contributed by atoms with Crippen LogP contribution >= 0.6 is 0 Å². The summed E-state index contributed by atoms with van der Waals surface area (Å²) in [5.74, 6) is -0.121. The molecule has 7 nitrogen and oxygen atoms in total. The second-order valence-electron chi connectivity index (χ2n) is 4.68. The molecule has 1 aromatic carbocycles. The molecule has 0 bridgehead atoms. The number of hydrogen-bond donors (Lipinski definition) is 3. The van der Waals surface area contributed by atoms with Crippen LogP contribution in [-0.4, -0.2) is 30.5 Å². The third-order valence-corrected chi connectivity index (χ3v) is 3.13. The van der Waals surface area contributed by atoms with Gasteiger partial charge in [0.1, 0.15) is 5.75 Å². The molecule has 118 valence electrons. The molecule has 7 heteroatoms. The highest BCUT2D eigenvalue weighted by atomic mass is 16.5. The van der Waals surface area contributed by atoms with Crippen LogP contribution in [0.5, 0.6) is 5.75 Å². The molecule has 0 atom stereocenters. The van der Waals surface area contributed by atoms with Crippen molar-refractivity contribution in [2.75, 3.05) is 13.7 Å². The number of amides is 2. The normalized spacial score (nSPS) is 9.74. The average molecular weight is 312 g/mol. The molecule has 0 aliphatic rings. The fraction of sp³-hybridized carbons (Fsp3) is 0.188. The van der Waals surface area contributed by atoms with Crippen LogP contribution in [0.25, 0.3) is 0 Å². The minimum atomic E-state index is -0.283. The van der Waals surface area contributed by atoms with Gasteiger partial charge in [-0.25, -0.2) is 0 Å². The van der Waals surface area contributed by atoms with Crippen molar-refractivity contribution in [3.63, 3.8) is 0 Å². The highest BCUT2D eigenvalue weighted by Crippen LogP contribution is 2.20. The zero-order valence-corrected chi connectivity index (χ0v) is 12.6. The van der Waals surface area contributed by atoms with Crippen molar-refractivity contribution in [2.45, 2.75) is 6.54 Å². The number of nitrogens with one attached hydrogen (secondary N) is 3. The van der Waals surface area contributed by atoms with E-state index in [2.05, 4.69) is 15.6 Å². The minimum Gasteiger partial charge on any atom is -0.483 e. The Balaban J connectivity index is 2.08. The van der Waals surface area contributed by atoms with E-state index in [1.807, 2.05) is 6.07 Å². The van der Waals surface area contributed by atoms with E-state index in [1.165, 1.54) is 7.05 Å². The van der Waals surface area contributed by atoms with E-state index in [0.29, 0.717) is 22.4 Å². The molecule has 3 N–H and O–H groups in total. The number of aromatic nitrogens is 1. The lowest BCUT2D eigenvalue weighted by molar-refractivity contribution is -0.122. The molecule has 23 heavy (non-hydrogen) atoms. The average Bonchev–Trinajstić information content (AvgIpc) is 3.12. The van der Waals surface area contributed by atoms with E-state index < -0.39 is 0 Å². The third-order valence-electron chi connectivity index (χ3n) is 3.13. The maximum absolute atomic E-state index is 11.9. The number of nitriles is 1.